The highest BCUT2D eigenvalue weighted by Gasteiger charge is 2.33. The Balaban J connectivity index is 1.83. The Morgan fingerprint density at radius 1 is 1.23 bits per heavy atom. The fourth-order valence-electron chi connectivity index (χ4n) is 2.39. The van der Waals surface area contributed by atoms with Crippen LogP contribution in [0.3, 0.4) is 0 Å². The van der Waals surface area contributed by atoms with E-state index in [1.165, 1.54) is 18.7 Å². The Bertz CT molecular complexity index is 907. The number of amides is 1. The van der Waals surface area contributed by atoms with Crippen LogP contribution in [0.2, 0.25) is 0 Å². The van der Waals surface area contributed by atoms with Gasteiger partial charge >= 0.3 is 5.97 Å². The first-order chi connectivity index (χ1) is 12.5. The molecular formula is C19H15NO3S3. The molecule has 132 valence electrons. The van der Waals surface area contributed by atoms with Crippen molar-refractivity contribution in [1.82, 2.24) is 0 Å². The van der Waals surface area contributed by atoms with Crippen LogP contribution in [0.4, 0.5) is 5.69 Å². The lowest BCUT2D eigenvalue weighted by Crippen LogP contribution is -2.27. The fraction of sp³-hybridized carbons (Fsp3) is 0.105. The normalized spacial score (nSPS) is 15.6. The number of esters is 1. The van der Waals surface area contributed by atoms with Crippen LogP contribution in [0.5, 0.6) is 5.75 Å². The Morgan fingerprint density at radius 2 is 1.96 bits per heavy atom. The number of hydrogen-bond acceptors (Lipinski definition) is 6. The van der Waals surface area contributed by atoms with E-state index in [0.717, 1.165) is 16.1 Å². The number of hydrogen-bond donors (Lipinski definition) is 0. The Kier molecular flexibility index (Phi) is 5.80. The number of rotatable bonds is 4. The average molecular weight is 402 g/mol. The molecule has 0 unspecified atom stereocenters. The van der Waals surface area contributed by atoms with Crippen molar-refractivity contribution in [3.8, 4) is 5.75 Å². The SMILES string of the molecule is CSc1cccc(N2C(=O)/C(=C\c3ccc(OC(C)=O)cc3)SC2=S)c1. The maximum absolute atomic E-state index is 12.8. The number of benzene rings is 2. The van der Waals surface area contributed by atoms with Crippen LogP contribution < -0.4 is 9.64 Å². The van der Waals surface area contributed by atoms with Gasteiger partial charge in [-0.1, -0.05) is 42.2 Å². The molecule has 0 bridgehead atoms. The lowest BCUT2D eigenvalue weighted by atomic mass is 10.2. The third-order valence-electron chi connectivity index (χ3n) is 3.54. The van der Waals surface area contributed by atoms with E-state index in [1.54, 1.807) is 47.0 Å². The molecule has 0 radical (unpaired) electrons. The van der Waals surface area contributed by atoms with E-state index in [-0.39, 0.29) is 11.9 Å². The fourth-order valence-corrected chi connectivity index (χ4v) is 4.14. The third kappa shape index (κ3) is 4.17. The minimum absolute atomic E-state index is 0.137. The standard InChI is InChI=1S/C19H15NO3S3/c1-12(21)23-15-8-6-13(7-9-15)10-17-18(22)20(19(24)26-17)14-4-3-5-16(11-14)25-2/h3-11H,1-2H3/b17-10+. The Morgan fingerprint density at radius 3 is 2.62 bits per heavy atom. The molecular weight excluding hydrogens is 386 g/mol. The zero-order chi connectivity index (χ0) is 18.7. The Labute approximate surface area is 165 Å². The summed E-state index contributed by atoms with van der Waals surface area (Å²) in [4.78, 5) is 27.0. The van der Waals surface area contributed by atoms with E-state index in [0.29, 0.717) is 15.0 Å². The summed E-state index contributed by atoms with van der Waals surface area (Å²) in [6.07, 6.45) is 3.78. The highest BCUT2D eigenvalue weighted by molar-refractivity contribution is 8.27. The molecule has 26 heavy (non-hydrogen) atoms. The zero-order valence-corrected chi connectivity index (χ0v) is 16.5. The third-order valence-corrected chi connectivity index (χ3v) is 5.57. The quantitative estimate of drug-likeness (QED) is 0.242. The van der Waals surface area contributed by atoms with Crippen molar-refractivity contribution in [2.45, 2.75) is 11.8 Å². The van der Waals surface area contributed by atoms with Gasteiger partial charge in [-0.3, -0.25) is 14.5 Å². The largest absolute Gasteiger partial charge is 0.427 e. The van der Waals surface area contributed by atoms with Crippen molar-refractivity contribution in [2.24, 2.45) is 0 Å². The molecule has 0 spiro atoms. The number of thiocarbonyl (C=S) groups is 1. The molecule has 1 aliphatic heterocycles. The van der Waals surface area contributed by atoms with Crippen molar-refractivity contribution < 1.29 is 14.3 Å². The predicted molar refractivity (Wildman–Crippen MR) is 112 cm³/mol. The van der Waals surface area contributed by atoms with Crippen molar-refractivity contribution in [3.63, 3.8) is 0 Å². The van der Waals surface area contributed by atoms with Crippen LogP contribution in [0.25, 0.3) is 6.08 Å². The number of thioether (sulfide) groups is 2. The number of anilines is 1. The summed E-state index contributed by atoms with van der Waals surface area (Å²) in [6, 6.07) is 14.7. The van der Waals surface area contributed by atoms with Crippen LogP contribution in [0.15, 0.2) is 58.3 Å². The summed E-state index contributed by atoms with van der Waals surface area (Å²) >= 11 is 8.29. The van der Waals surface area contributed by atoms with Gasteiger partial charge in [-0.25, -0.2) is 0 Å². The van der Waals surface area contributed by atoms with Gasteiger partial charge in [-0.05, 0) is 48.2 Å². The lowest BCUT2D eigenvalue weighted by Gasteiger charge is -2.15. The van der Waals surface area contributed by atoms with Gasteiger partial charge in [0, 0.05) is 11.8 Å². The van der Waals surface area contributed by atoms with E-state index in [2.05, 4.69) is 0 Å². The summed E-state index contributed by atoms with van der Waals surface area (Å²) in [5.41, 5.74) is 1.60. The second-order valence-corrected chi connectivity index (χ2v) is 7.94. The molecule has 1 heterocycles. The molecule has 1 saturated heterocycles. The van der Waals surface area contributed by atoms with Crippen molar-refractivity contribution in [1.29, 1.82) is 0 Å². The molecule has 0 aromatic heterocycles. The van der Waals surface area contributed by atoms with Gasteiger partial charge in [0.15, 0.2) is 4.32 Å². The van der Waals surface area contributed by atoms with Crippen molar-refractivity contribution in [2.75, 3.05) is 11.2 Å². The maximum Gasteiger partial charge on any atom is 0.308 e. The maximum atomic E-state index is 12.8. The smallest absolute Gasteiger partial charge is 0.308 e. The number of carbonyl (C=O) groups is 2. The van der Waals surface area contributed by atoms with Crippen LogP contribution >= 0.6 is 35.7 Å². The summed E-state index contributed by atoms with van der Waals surface area (Å²) in [5.74, 6) is -0.0375. The van der Waals surface area contributed by atoms with Crippen molar-refractivity contribution >= 4 is 63.7 Å². The van der Waals surface area contributed by atoms with Gasteiger partial charge in [-0.2, -0.15) is 0 Å². The molecule has 1 amide bonds. The van der Waals surface area contributed by atoms with Gasteiger partial charge < -0.3 is 4.74 Å². The van der Waals surface area contributed by atoms with Crippen molar-refractivity contribution in [3.05, 3.63) is 59.0 Å². The summed E-state index contributed by atoms with van der Waals surface area (Å²) in [7, 11) is 0. The molecule has 2 aromatic carbocycles. The predicted octanol–water partition coefficient (Wildman–Crippen LogP) is 4.74. The first kappa shape index (κ1) is 18.7. The molecule has 0 saturated carbocycles. The first-order valence-corrected chi connectivity index (χ1v) is 10.1. The molecule has 0 atom stereocenters. The second-order valence-electron chi connectivity index (χ2n) is 5.38. The molecule has 4 nitrogen and oxygen atoms in total. The molecule has 0 N–H and O–H groups in total. The van der Waals surface area contributed by atoms with Gasteiger partial charge in [0.05, 0.1) is 10.6 Å². The topological polar surface area (TPSA) is 46.6 Å². The molecule has 1 fully saturated rings. The number of ether oxygens (including phenoxy) is 1. The lowest BCUT2D eigenvalue weighted by molar-refractivity contribution is -0.131. The van der Waals surface area contributed by atoms with Gasteiger partial charge in [0.2, 0.25) is 0 Å². The van der Waals surface area contributed by atoms with Crippen LogP contribution in [0, 0.1) is 0 Å². The van der Waals surface area contributed by atoms with Gasteiger partial charge in [-0.15, -0.1) is 11.8 Å². The molecule has 0 aliphatic carbocycles. The monoisotopic (exact) mass is 401 g/mol. The van der Waals surface area contributed by atoms with Crippen LogP contribution in [-0.2, 0) is 9.59 Å². The van der Waals surface area contributed by atoms with E-state index < -0.39 is 0 Å². The van der Waals surface area contributed by atoms with E-state index in [4.69, 9.17) is 17.0 Å². The molecule has 3 rings (SSSR count). The van der Waals surface area contributed by atoms with Crippen LogP contribution in [-0.4, -0.2) is 22.5 Å². The van der Waals surface area contributed by atoms with E-state index >= 15 is 0 Å². The summed E-state index contributed by atoms with van der Waals surface area (Å²) in [5, 5.41) is 0. The first-order valence-electron chi connectivity index (χ1n) is 7.68. The average Bonchev–Trinajstić information content (AvgIpc) is 2.90. The van der Waals surface area contributed by atoms with E-state index in [1.807, 2.05) is 30.5 Å². The van der Waals surface area contributed by atoms with Gasteiger partial charge in [0.25, 0.3) is 5.91 Å². The summed E-state index contributed by atoms with van der Waals surface area (Å²) in [6.45, 7) is 1.35. The minimum atomic E-state index is -0.369. The zero-order valence-electron chi connectivity index (χ0n) is 14.1. The Hall–Kier alpha value is -2.09. The molecule has 2 aromatic rings. The second kappa shape index (κ2) is 8.07. The minimum Gasteiger partial charge on any atom is -0.427 e. The summed E-state index contributed by atoms with van der Waals surface area (Å²) < 4.78 is 5.52. The number of carbonyl (C=O) groups excluding carboxylic acids is 2. The highest BCUT2D eigenvalue weighted by atomic mass is 32.2. The van der Waals surface area contributed by atoms with Crippen LogP contribution in [0.1, 0.15) is 12.5 Å². The highest BCUT2D eigenvalue weighted by Crippen LogP contribution is 2.37. The molecule has 1 aliphatic rings. The van der Waals surface area contributed by atoms with E-state index in [9.17, 15) is 9.59 Å². The number of nitrogens with zero attached hydrogens (tertiary/aromatic N) is 1. The van der Waals surface area contributed by atoms with Gasteiger partial charge in [0.1, 0.15) is 5.75 Å². The molecule has 7 heteroatoms.